The molecule has 1 heterocycles. The number of nitrogens with one attached hydrogen (secondary N) is 1. The van der Waals surface area contributed by atoms with Gasteiger partial charge in [-0.2, -0.15) is 0 Å². The summed E-state index contributed by atoms with van der Waals surface area (Å²) in [5, 5.41) is 5.57. The second kappa shape index (κ2) is 4.23. The summed E-state index contributed by atoms with van der Waals surface area (Å²) in [5.41, 5.74) is 5.34. The van der Waals surface area contributed by atoms with E-state index in [-0.39, 0.29) is 11.8 Å². The van der Waals surface area contributed by atoms with Gasteiger partial charge in [0.15, 0.2) is 0 Å². The van der Waals surface area contributed by atoms with E-state index in [0.717, 1.165) is 5.00 Å². The zero-order valence-electron chi connectivity index (χ0n) is 6.91. The third kappa shape index (κ3) is 2.32. The monoisotopic (exact) mass is 184 g/mol. The molecule has 1 rings (SSSR count). The fourth-order valence-corrected chi connectivity index (χ4v) is 1.32. The molecule has 0 bridgehead atoms. The zero-order valence-corrected chi connectivity index (χ0v) is 7.73. The Morgan fingerprint density at radius 3 is 3.08 bits per heavy atom. The van der Waals surface area contributed by atoms with Crippen molar-refractivity contribution in [2.75, 3.05) is 11.9 Å². The molecule has 1 aromatic rings. The molecule has 0 saturated heterocycles. The normalized spacial score (nSPS) is 12.5. The average molecular weight is 184 g/mol. The van der Waals surface area contributed by atoms with E-state index in [9.17, 15) is 4.79 Å². The summed E-state index contributed by atoms with van der Waals surface area (Å²) in [6.45, 7) is 2.19. The maximum Gasteiger partial charge on any atom is 0.229 e. The van der Waals surface area contributed by atoms with E-state index in [0.29, 0.717) is 6.54 Å². The highest BCUT2D eigenvalue weighted by Crippen LogP contribution is 2.15. The molecule has 0 fully saturated rings. The highest BCUT2D eigenvalue weighted by molar-refractivity contribution is 7.14. The van der Waals surface area contributed by atoms with Gasteiger partial charge < -0.3 is 11.1 Å². The molecule has 1 unspecified atom stereocenters. The molecule has 66 valence electrons. The van der Waals surface area contributed by atoms with Gasteiger partial charge in [0.2, 0.25) is 5.91 Å². The summed E-state index contributed by atoms with van der Waals surface area (Å²) in [5.74, 6) is -0.132. The fourth-order valence-electron chi connectivity index (χ4n) is 0.701. The third-order valence-electron chi connectivity index (χ3n) is 1.57. The molecule has 0 aliphatic carbocycles. The van der Waals surface area contributed by atoms with Gasteiger partial charge >= 0.3 is 0 Å². The maximum absolute atomic E-state index is 11.3. The molecule has 12 heavy (non-hydrogen) atoms. The maximum atomic E-state index is 11.3. The van der Waals surface area contributed by atoms with Crippen molar-refractivity contribution in [1.82, 2.24) is 0 Å². The van der Waals surface area contributed by atoms with Gasteiger partial charge in [0.1, 0.15) is 0 Å². The lowest BCUT2D eigenvalue weighted by atomic mass is 10.2. The van der Waals surface area contributed by atoms with Crippen molar-refractivity contribution in [3.8, 4) is 0 Å². The molecule has 1 amide bonds. The Morgan fingerprint density at radius 2 is 2.58 bits per heavy atom. The minimum atomic E-state index is -0.118. The molecule has 1 aromatic heterocycles. The first kappa shape index (κ1) is 9.22. The number of thiophene rings is 1. The van der Waals surface area contributed by atoms with Crippen molar-refractivity contribution < 1.29 is 4.79 Å². The first-order chi connectivity index (χ1) is 5.74. The van der Waals surface area contributed by atoms with Crippen molar-refractivity contribution >= 4 is 22.2 Å². The van der Waals surface area contributed by atoms with Gasteiger partial charge in [0.05, 0.1) is 5.00 Å². The van der Waals surface area contributed by atoms with Crippen molar-refractivity contribution in [2.24, 2.45) is 11.7 Å². The van der Waals surface area contributed by atoms with Gasteiger partial charge in [-0.25, -0.2) is 0 Å². The van der Waals surface area contributed by atoms with Crippen LogP contribution < -0.4 is 11.1 Å². The van der Waals surface area contributed by atoms with E-state index in [1.807, 2.05) is 24.4 Å². The van der Waals surface area contributed by atoms with Crippen LogP contribution in [0.1, 0.15) is 6.92 Å². The Hall–Kier alpha value is -0.870. The highest BCUT2D eigenvalue weighted by Gasteiger charge is 2.10. The third-order valence-corrected chi connectivity index (χ3v) is 2.35. The lowest BCUT2D eigenvalue weighted by molar-refractivity contribution is -0.119. The highest BCUT2D eigenvalue weighted by atomic mass is 32.1. The molecule has 0 aliphatic heterocycles. The summed E-state index contributed by atoms with van der Waals surface area (Å²) in [7, 11) is 0. The van der Waals surface area contributed by atoms with E-state index < -0.39 is 0 Å². The summed E-state index contributed by atoms with van der Waals surface area (Å²) in [4.78, 5) is 11.3. The van der Waals surface area contributed by atoms with Crippen LogP contribution in [0.5, 0.6) is 0 Å². The van der Waals surface area contributed by atoms with Crippen LogP contribution in [-0.4, -0.2) is 12.5 Å². The molecular formula is C8H12N2OS. The first-order valence-electron chi connectivity index (χ1n) is 3.78. The largest absolute Gasteiger partial charge is 0.330 e. The van der Waals surface area contributed by atoms with E-state index in [2.05, 4.69) is 5.32 Å². The van der Waals surface area contributed by atoms with Gasteiger partial charge in [-0.05, 0) is 17.5 Å². The van der Waals surface area contributed by atoms with Crippen LogP contribution in [0, 0.1) is 5.92 Å². The molecule has 3 N–H and O–H groups in total. The summed E-state index contributed by atoms with van der Waals surface area (Å²) >= 11 is 1.51. The van der Waals surface area contributed by atoms with Crippen LogP contribution in [0.15, 0.2) is 17.5 Å². The SMILES string of the molecule is CC(CN)C(=O)Nc1cccs1. The van der Waals surface area contributed by atoms with E-state index in [1.54, 1.807) is 0 Å². The smallest absolute Gasteiger partial charge is 0.229 e. The number of nitrogens with two attached hydrogens (primary N) is 1. The first-order valence-corrected chi connectivity index (χ1v) is 4.66. The van der Waals surface area contributed by atoms with E-state index >= 15 is 0 Å². The van der Waals surface area contributed by atoms with E-state index in [4.69, 9.17) is 5.73 Å². The number of hydrogen-bond acceptors (Lipinski definition) is 3. The van der Waals surface area contributed by atoms with Gasteiger partial charge in [-0.1, -0.05) is 6.92 Å². The van der Waals surface area contributed by atoms with Crippen molar-refractivity contribution in [1.29, 1.82) is 0 Å². The van der Waals surface area contributed by atoms with Crippen LogP contribution in [-0.2, 0) is 4.79 Å². The molecule has 0 aliphatic rings. The molecular weight excluding hydrogens is 172 g/mol. The Balaban J connectivity index is 2.47. The number of carbonyl (C=O) groups is 1. The van der Waals surface area contributed by atoms with Crippen LogP contribution in [0.4, 0.5) is 5.00 Å². The minimum absolute atomic E-state index is 0.0139. The van der Waals surface area contributed by atoms with Crippen LogP contribution >= 0.6 is 11.3 Å². The van der Waals surface area contributed by atoms with Gasteiger partial charge in [0, 0.05) is 12.5 Å². The van der Waals surface area contributed by atoms with Gasteiger partial charge in [-0.3, -0.25) is 4.79 Å². The number of amides is 1. The van der Waals surface area contributed by atoms with Crippen LogP contribution in [0.25, 0.3) is 0 Å². The summed E-state index contributed by atoms with van der Waals surface area (Å²) in [6.07, 6.45) is 0. The second-order valence-corrected chi connectivity index (χ2v) is 3.55. The predicted molar refractivity (Wildman–Crippen MR) is 51.2 cm³/mol. The topological polar surface area (TPSA) is 55.1 Å². The Kier molecular flexibility index (Phi) is 3.25. The van der Waals surface area contributed by atoms with Crippen molar-refractivity contribution in [2.45, 2.75) is 6.92 Å². The molecule has 0 saturated carbocycles. The van der Waals surface area contributed by atoms with Crippen LogP contribution in [0.2, 0.25) is 0 Å². The number of anilines is 1. The van der Waals surface area contributed by atoms with E-state index in [1.165, 1.54) is 11.3 Å². The van der Waals surface area contributed by atoms with Crippen molar-refractivity contribution in [3.05, 3.63) is 17.5 Å². The quantitative estimate of drug-likeness (QED) is 0.743. The standard InChI is InChI=1S/C8H12N2OS/c1-6(5-9)8(11)10-7-3-2-4-12-7/h2-4,6H,5,9H2,1H3,(H,10,11). The minimum Gasteiger partial charge on any atom is -0.330 e. The fraction of sp³-hybridized carbons (Fsp3) is 0.375. The molecule has 4 heteroatoms. The van der Waals surface area contributed by atoms with Gasteiger partial charge in [0.25, 0.3) is 0 Å². The Bertz CT molecular complexity index is 246. The molecule has 3 nitrogen and oxygen atoms in total. The lowest BCUT2D eigenvalue weighted by Crippen LogP contribution is -2.26. The molecule has 0 radical (unpaired) electrons. The average Bonchev–Trinajstić information content (AvgIpc) is 2.55. The Labute approximate surface area is 75.6 Å². The zero-order chi connectivity index (χ0) is 8.97. The predicted octanol–water partition coefficient (Wildman–Crippen LogP) is 1.28. The van der Waals surface area contributed by atoms with Crippen LogP contribution in [0.3, 0.4) is 0 Å². The number of carbonyl (C=O) groups excluding carboxylic acids is 1. The number of rotatable bonds is 3. The molecule has 0 spiro atoms. The summed E-state index contributed by atoms with van der Waals surface area (Å²) in [6, 6.07) is 3.76. The second-order valence-electron chi connectivity index (χ2n) is 2.60. The molecule has 1 atom stereocenters. The Morgan fingerprint density at radius 1 is 1.83 bits per heavy atom. The summed E-state index contributed by atoms with van der Waals surface area (Å²) < 4.78 is 0. The lowest BCUT2D eigenvalue weighted by Gasteiger charge is -2.07. The number of hydrogen-bond donors (Lipinski definition) is 2. The molecule has 0 aromatic carbocycles. The van der Waals surface area contributed by atoms with Crippen molar-refractivity contribution in [3.63, 3.8) is 0 Å². The van der Waals surface area contributed by atoms with Gasteiger partial charge in [-0.15, -0.1) is 11.3 Å².